The first-order valence-electron chi connectivity index (χ1n) is 6.55. The molecule has 0 aliphatic rings. The third-order valence-corrected chi connectivity index (χ3v) is 2.95. The van der Waals surface area contributed by atoms with E-state index < -0.39 is 10.8 Å². The van der Waals surface area contributed by atoms with Crippen LogP contribution in [0.2, 0.25) is 0 Å². The van der Waals surface area contributed by atoms with Gasteiger partial charge in [0, 0.05) is 18.7 Å². The van der Waals surface area contributed by atoms with Gasteiger partial charge in [-0.2, -0.15) is 5.10 Å². The molecular weight excluding hydrogens is 288 g/mol. The summed E-state index contributed by atoms with van der Waals surface area (Å²) in [6.45, 7) is 2.08. The van der Waals surface area contributed by atoms with Gasteiger partial charge in [-0.3, -0.25) is 19.7 Å². The van der Waals surface area contributed by atoms with Crippen molar-refractivity contribution in [1.29, 1.82) is 0 Å². The molecule has 1 aromatic carbocycles. The molecule has 114 valence electrons. The molecule has 0 saturated heterocycles. The van der Waals surface area contributed by atoms with Crippen LogP contribution < -0.4 is 10.9 Å². The van der Waals surface area contributed by atoms with Gasteiger partial charge >= 0.3 is 0 Å². The fourth-order valence-electron chi connectivity index (χ4n) is 1.91. The Hall–Kier alpha value is -3.03. The number of nitrogens with one attached hydrogen (secondary N) is 1. The van der Waals surface area contributed by atoms with Gasteiger partial charge in [-0.1, -0.05) is 12.1 Å². The van der Waals surface area contributed by atoms with Crippen LogP contribution in [0.4, 0.5) is 5.69 Å². The molecule has 2 rings (SSSR count). The molecule has 1 heterocycles. The molecular formula is C14H14N4O4. The molecule has 0 spiro atoms. The summed E-state index contributed by atoms with van der Waals surface area (Å²) in [4.78, 5) is 33.8. The fourth-order valence-corrected chi connectivity index (χ4v) is 1.91. The Morgan fingerprint density at radius 2 is 2.05 bits per heavy atom. The molecule has 22 heavy (non-hydrogen) atoms. The number of aryl methyl sites for hydroxylation is 1. The summed E-state index contributed by atoms with van der Waals surface area (Å²) < 4.78 is 1.23. The average molecular weight is 302 g/mol. The van der Waals surface area contributed by atoms with E-state index in [1.165, 1.54) is 28.9 Å². The molecule has 0 unspecified atom stereocenters. The smallest absolute Gasteiger partial charge is 0.282 e. The monoisotopic (exact) mass is 302 g/mol. The lowest BCUT2D eigenvalue weighted by Gasteiger charge is -2.07. The molecule has 0 aliphatic carbocycles. The van der Waals surface area contributed by atoms with Crippen LogP contribution in [0.25, 0.3) is 0 Å². The van der Waals surface area contributed by atoms with Gasteiger partial charge in [-0.25, -0.2) is 4.68 Å². The number of rotatable bonds is 5. The van der Waals surface area contributed by atoms with Gasteiger partial charge in [0.1, 0.15) is 5.56 Å². The molecule has 1 amide bonds. The lowest BCUT2D eigenvalue weighted by molar-refractivity contribution is -0.385. The number of nitro benzene ring substituents is 1. The summed E-state index contributed by atoms with van der Waals surface area (Å²) in [6.07, 6.45) is 0. The van der Waals surface area contributed by atoms with Crippen LogP contribution in [0.15, 0.2) is 41.2 Å². The Bertz CT molecular complexity index is 769. The summed E-state index contributed by atoms with van der Waals surface area (Å²) >= 11 is 0. The second kappa shape index (κ2) is 6.61. The molecule has 1 aromatic heterocycles. The maximum absolute atomic E-state index is 12.0. The summed E-state index contributed by atoms with van der Waals surface area (Å²) in [5.74, 6) is -0.562. The van der Waals surface area contributed by atoms with Crippen LogP contribution in [0.1, 0.15) is 16.1 Å². The highest BCUT2D eigenvalue weighted by Crippen LogP contribution is 2.16. The van der Waals surface area contributed by atoms with Crippen LogP contribution >= 0.6 is 0 Å². The van der Waals surface area contributed by atoms with E-state index in [0.29, 0.717) is 5.69 Å². The Labute approximate surface area is 125 Å². The highest BCUT2D eigenvalue weighted by atomic mass is 16.6. The van der Waals surface area contributed by atoms with Crippen molar-refractivity contribution < 1.29 is 9.72 Å². The molecule has 8 nitrogen and oxygen atoms in total. The standard InChI is InChI=1S/C14H14N4O4/c1-10-6-7-13(19)17(16-10)9-8-15-14(20)11-4-2-3-5-12(11)18(21)22/h2-7H,8-9H2,1H3,(H,15,20). The number of benzene rings is 1. The van der Waals surface area contributed by atoms with Crippen molar-refractivity contribution in [2.45, 2.75) is 13.5 Å². The maximum atomic E-state index is 12.0. The third kappa shape index (κ3) is 3.54. The van der Waals surface area contributed by atoms with Crippen LogP contribution in [0.3, 0.4) is 0 Å². The highest BCUT2D eigenvalue weighted by molar-refractivity contribution is 5.98. The van der Waals surface area contributed by atoms with Crippen molar-refractivity contribution >= 4 is 11.6 Å². The predicted octanol–water partition coefficient (Wildman–Crippen LogP) is 0.890. The van der Waals surface area contributed by atoms with Crippen molar-refractivity contribution in [2.75, 3.05) is 6.54 Å². The first-order chi connectivity index (χ1) is 10.5. The molecule has 0 aliphatic heterocycles. The van der Waals surface area contributed by atoms with Gasteiger partial charge in [0.25, 0.3) is 17.2 Å². The number of nitro groups is 1. The highest BCUT2D eigenvalue weighted by Gasteiger charge is 2.18. The number of carbonyl (C=O) groups excluding carboxylic acids is 1. The summed E-state index contributed by atoms with van der Waals surface area (Å²) in [5.41, 5.74) is 0.137. The van der Waals surface area contributed by atoms with Gasteiger partial charge in [0.2, 0.25) is 0 Å². The number of hydrogen-bond donors (Lipinski definition) is 1. The normalized spacial score (nSPS) is 10.2. The molecule has 0 bridgehead atoms. The van der Waals surface area contributed by atoms with E-state index in [9.17, 15) is 19.7 Å². The number of amides is 1. The average Bonchev–Trinajstić information content (AvgIpc) is 2.50. The summed E-state index contributed by atoms with van der Waals surface area (Å²) in [6, 6.07) is 8.68. The van der Waals surface area contributed by atoms with Crippen LogP contribution in [-0.2, 0) is 6.54 Å². The lowest BCUT2D eigenvalue weighted by Crippen LogP contribution is -2.32. The van der Waals surface area contributed by atoms with Gasteiger partial charge in [-0.05, 0) is 19.1 Å². The van der Waals surface area contributed by atoms with Crippen LogP contribution in [0.5, 0.6) is 0 Å². The Morgan fingerprint density at radius 1 is 1.32 bits per heavy atom. The third-order valence-electron chi connectivity index (χ3n) is 2.95. The van der Waals surface area contributed by atoms with E-state index in [1.807, 2.05) is 0 Å². The quantitative estimate of drug-likeness (QED) is 0.652. The predicted molar refractivity (Wildman–Crippen MR) is 78.7 cm³/mol. The number of nitrogens with zero attached hydrogens (tertiary/aromatic N) is 3. The molecule has 0 atom stereocenters. The minimum Gasteiger partial charge on any atom is -0.350 e. The van der Waals surface area contributed by atoms with Crippen molar-refractivity contribution in [3.05, 3.63) is 68.1 Å². The Morgan fingerprint density at radius 3 is 2.77 bits per heavy atom. The summed E-state index contributed by atoms with van der Waals surface area (Å²) in [5, 5.41) is 17.5. The first kappa shape index (κ1) is 15.4. The molecule has 8 heteroatoms. The zero-order chi connectivity index (χ0) is 16.1. The molecule has 1 N–H and O–H groups in total. The number of aromatic nitrogens is 2. The van der Waals surface area contributed by atoms with E-state index in [-0.39, 0.29) is 29.9 Å². The van der Waals surface area contributed by atoms with E-state index in [1.54, 1.807) is 19.1 Å². The fraction of sp³-hybridized carbons (Fsp3) is 0.214. The Kier molecular flexibility index (Phi) is 4.62. The molecule has 0 radical (unpaired) electrons. The molecule has 2 aromatic rings. The SMILES string of the molecule is Cc1ccc(=O)n(CCNC(=O)c2ccccc2[N+](=O)[O-])n1. The van der Waals surface area contributed by atoms with Crippen LogP contribution in [-0.4, -0.2) is 27.2 Å². The van der Waals surface area contributed by atoms with E-state index >= 15 is 0 Å². The minimum absolute atomic E-state index is 0.0166. The topological polar surface area (TPSA) is 107 Å². The zero-order valence-electron chi connectivity index (χ0n) is 11.9. The zero-order valence-corrected chi connectivity index (χ0v) is 11.9. The van der Waals surface area contributed by atoms with Gasteiger partial charge in [-0.15, -0.1) is 0 Å². The van der Waals surface area contributed by atoms with Gasteiger partial charge in [0.05, 0.1) is 17.2 Å². The Balaban J connectivity index is 2.03. The van der Waals surface area contributed by atoms with Gasteiger partial charge in [0.15, 0.2) is 0 Å². The summed E-state index contributed by atoms with van der Waals surface area (Å²) in [7, 11) is 0. The number of carbonyl (C=O) groups is 1. The largest absolute Gasteiger partial charge is 0.350 e. The van der Waals surface area contributed by atoms with Crippen molar-refractivity contribution in [2.24, 2.45) is 0 Å². The molecule has 0 fully saturated rings. The van der Waals surface area contributed by atoms with Crippen molar-refractivity contribution in [3.63, 3.8) is 0 Å². The first-order valence-corrected chi connectivity index (χ1v) is 6.55. The van der Waals surface area contributed by atoms with Gasteiger partial charge < -0.3 is 5.32 Å². The number of hydrogen-bond acceptors (Lipinski definition) is 5. The lowest BCUT2D eigenvalue weighted by atomic mass is 10.1. The minimum atomic E-state index is -0.610. The van der Waals surface area contributed by atoms with E-state index in [0.717, 1.165) is 0 Å². The van der Waals surface area contributed by atoms with Crippen molar-refractivity contribution in [1.82, 2.24) is 15.1 Å². The van der Waals surface area contributed by atoms with E-state index in [2.05, 4.69) is 10.4 Å². The number of para-hydroxylation sites is 1. The van der Waals surface area contributed by atoms with E-state index in [4.69, 9.17) is 0 Å². The molecule has 0 saturated carbocycles. The van der Waals surface area contributed by atoms with Crippen molar-refractivity contribution in [3.8, 4) is 0 Å². The van der Waals surface area contributed by atoms with Crippen LogP contribution in [0, 0.1) is 17.0 Å². The maximum Gasteiger partial charge on any atom is 0.282 e. The second-order valence-electron chi connectivity index (χ2n) is 4.57. The second-order valence-corrected chi connectivity index (χ2v) is 4.57.